The number of nitrogens with zero attached hydrogens (tertiary/aromatic N) is 1. The second-order valence-electron chi connectivity index (χ2n) is 9.32. The number of rotatable bonds is 3. The molecule has 1 aromatic rings. The normalized spacial score (nSPS) is 34.7. The first-order valence-electron chi connectivity index (χ1n) is 11.3. The molecule has 2 N–H and O–H groups in total. The van der Waals surface area contributed by atoms with Crippen LogP contribution >= 0.6 is 12.2 Å². The van der Waals surface area contributed by atoms with Crippen molar-refractivity contribution >= 4 is 23.0 Å². The number of nitriles is 1. The third-order valence-electron chi connectivity index (χ3n) is 6.52. The van der Waals surface area contributed by atoms with Crippen molar-refractivity contribution in [1.82, 2.24) is 5.32 Å². The van der Waals surface area contributed by atoms with Crippen LogP contribution in [-0.4, -0.2) is 53.9 Å². The molecule has 0 unspecified atom stereocenters. The number of hydrogen-bond donors (Lipinski definition) is 2. The number of ether oxygens (including phenoxy) is 5. The van der Waals surface area contributed by atoms with Crippen LogP contribution in [0, 0.1) is 11.3 Å². The van der Waals surface area contributed by atoms with Crippen molar-refractivity contribution in [3.63, 3.8) is 0 Å². The van der Waals surface area contributed by atoms with Gasteiger partial charge in [0.05, 0.1) is 24.3 Å². The van der Waals surface area contributed by atoms with E-state index in [1.54, 1.807) is 12.1 Å². The van der Waals surface area contributed by atoms with Crippen LogP contribution < -0.4 is 10.6 Å². The highest BCUT2D eigenvalue weighted by Gasteiger charge is 2.59. The lowest BCUT2D eigenvalue weighted by molar-refractivity contribution is -0.231. The molecule has 0 radical (unpaired) electrons. The van der Waals surface area contributed by atoms with Crippen molar-refractivity contribution < 1.29 is 23.7 Å². The third-order valence-corrected chi connectivity index (χ3v) is 6.74. The molecule has 172 valence electrons. The van der Waals surface area contributed by atoms with Crippen molar-refractivity contribution in [3.8, 4) is 6.07 Å². The highest BCUT2D eigenvalue weighted by Crippen LogP contribution is 2.43. The predicted molar refractivity (Wildman–Crippen MR) is 120 cm³/mol. The molecule has 1 aliphatic carbocycles. The smallest absolute Gasteiger partial charge is 0.189 e. The minimum absolute atomic E-state index is 0.232. The molecule has 0 aromatic heterocycles. The zero-order valence-corrected chi connectivity index (χ0v) is 19.2. The van der Waals surface area contributed by atoms with Gasteiger partial charge in [-0.15, -0.1) is 0 Å². The lowest BCUT2D eigenvalue weighted by atomic mass is 9.94. The van der Waals surface area contributed by atoms with E-state index in [-0.39, 0.29) is 24.4 Å². The Morgan fingerprint density at radius 3 is 2.53 bits per heavy atom. The van der Waals surface area contributed by atoms with E-state index in [2.05, 4.69) is 16.7 Å². The zero-order valence-electron chi connectivity index (χ0n) is 18.3. The Labute approximate surface area is 193 Å². The Morgan fingerprint density at radius 1 is 1.06 bits per heavy atom. The summed E-state index contributed by atoms with van der Waals surface area (Å²) in [7, 11) is 0. The van der Waals surface area contributed by atoms with Crippen LogP contribution in [0.2, 0.25) is 0 Å². The third kappa shape index (κ3) is 4.36. The lowest BCUT2D eigenvalue weighted by Gasteiger charge is -2.34. The van der Waals surface area contributed by atoms with Gasteiger partial charge in [-0.3, -0.25) is 0 Å². The average molecular weight is 460 g/mol. The summed E-state index contributed by atoms with van der Waals surface area (Å²) in [5.41, 5.74) is 1.38. The summed E-state index contributed by atoms with van der Waals surface area (Å²) < 4.78 is 31.0. The molecule has 32 heavy (non-hydrogen) atoms. The first-order chi connectivity index (χ1) is 15.4. The molecule has 5 atom stereocenters. The average Bonchev–Trinajstić information content (AvgIpc) is 3.40. The molecular formula is C23H29N3O5S. The van der Waals surface area contributed by atoms with Gasteiger partial charge >= 0.3 is 0 Å². The van der Waals surface area contributed by atoms with Crippen molar-refractivity contribution in [1.29, 1.82) is 5.26 Å². The number of anilines is 1. The van der Waals surface area contributed by atoms with Crippen molar-refractivity contribution in [3.05, 3.63) is 29.8 Å². The van der Waals surface area contributed by atoms with E-state index in [1.807, 2.05) is 26.0 Å². The van der Waals surface area contributed by atoms with E-state index in [4.69, 9.17) is 41.2 Å². The number of thiocarbonyl (C=S) groups is 1. The van der Waals surface area contributed by atoms with Gasteiger partial charge in [-0.25, -0.2) is 0 Å². The van der Waals surface area contributed by atoms with Crippen LogP contribution in [0.25, 0.3) is 0 Å². The second-order valence-corrected chi connectivity index (χ2v) is 9.73. The highest BCUT2D eigenvalue weighted by molar-refractivity contribution is 7.80. The van der Waals surface area contributed by atoms with Gasteiger partial charge in [0.25, 0.3) is 0 Å². The molecule has 4 aliphatic rings. The van der Waals surface area contributed by atoms with Crippen LogP contribution in [0.1, 0.15) is 51.5 Å². The molecule has 3 aliphatic heterocycles. The summed E-state index contributed by atoms with van der Waals surface area (Å²) in [6.07, 6.45) is 3.89. The molecule has 0 amide bonds. The molecule has 5 rings (SSSR count). The molecule has 1 saturated carbocycles. The minimum Gasteiger partial charge on any atom is -0.354 e. The molecule has 0 bridgehead atoms. The number of benzene rings is 1. The largest absolute Gasteiger partial charge is 0.354 e. The zero-order chi connectivity index (χ0) is 22.3. The Kier molecular flexibility index (Phi) is 5.86. The first-order valence-corrected chi connectivity index (χ1v) is 11.7. The van der Waals surface area contributed by atoms with E-state index in [9.17, 15) is 0 Å². The fourth-order valence-corrected chi connectivity index (χ4v) is 5.31. The first kappa shape index (κ1) is 22.0. The summed E-state index contributed by atoms with van der Waals surface area (Å²) in [6, 6.07) is 8.96. The van der Waals surface area contributed by atoms with Crippen LogP contribution in [0.3, 0.4) is 0 Å². The van der Waals surface area contributed by atoms with Gasteiger partial charge in [-0.05, 0) is 63.2 Å². The fraction of sp³-hybridized carbons (Fsp3) is 0.652. The van der Waals surface area contributed by atoms with E-state index in [1.165, 1.54) is 6.42 Å². The summed E-state index contributed by atoms with van der Waals surface area (Å²) in [5, 5.41) is 16.0. The van der Waals surface area contributed by atoms with Gasteiger partial charge in [0.2, 0.25) is 0 Å². The van der Waals surface area contributed by atoms with Gasteiger partial charge in [0, 0.05) is 18.5 Å². The van der Waals surface area contributed by atoms with E-state index in [0.29, 0.717) is 17.3 Å². The second kappa shape index (κ2) is 8.52. The number of hydrogen-bond acceptors (Lipinski definition) is 7. The van der Waals surface area contributed by atoms with Gasteiger partial charge in [-0.2, -0.15) is 5.26 Å². The molecule has 1 spiro atoms. The summed E-state index contributed by atoms with van der Waals surface area (Å²) in [4.78, 5) is 0. The van der Waals surface area contributed by atoms with Gasteiger partial charge in [-0.1, -0.05) is 6.42 Å². The van der Waals surface area contributed by atoms with Gasteiger partial charge in [0.1, 0.15) is 18.3 Å². The highest BCUT2D eigenvalue weighted by atomic mass is 32.1. The lowest BCUT2D eigenvalue weighted by Crippen LogP contribution is -2.53. The Balaban J connectivity index is 1.29. The molecule has 1 aromatic carbocycles. The summed E-state index contributed by atoms with van der Waals surface area (Å²) >= 11 is 5.59. The van der Waals surface area contributed by atoms with E-state index < -0.39 is 17.9 Å². The minimum atomic E-state index is -0.736. The van der Waals surface area contributed by atoms with Crippen molar-refractivity contribution in [2.24, 2.45) is 0 Å². The van der Waals surface area contributed by atoms with Gasteiger partial charge in [0.15, 0.2) is 23.0 Å². The van der Waals surface area contributed by atoms with Crippen LogP contribution in [0.4, 0.5) is 5.69 Å². The number of fused-ring (bicyclic) bond motifs is 1. The van der Waals surface area contributed by atoms with Crippen LogP contribution in [0.5, 0.6) is 0 Å². The topological polar surface area (TPSA) is 94.0 Å². The standard InChI is InChI=1S/C23H29N3O5S/c1-22(2)30-19-17(26-21(32)25-15-8-6-14(12-24)7-9-15)18(28-20(19)31-22)16-13-27-23(29-16)10-4-3-5-11-23/h6-9,16-20H,3-5,10-11,13H2,1-2H3,(H2,25,26,32)/t16-,17+,18-,19-,20-/m1/s1. The summed E-state index contributed by atoms with van der Waals surface area (Å²) in [6.45, 7) is 4.22. The molecule has 8 nitrogen and oxygen atoms in total. The monoisotopic (exact) mass is 459 g/mol. The summed E-state index contributed by atoms with van der Waals surface area (Å²) in [5.74, 6) is -1.23. The quantitative estimate of drug-likeness (QED) is 0.661. The van der Waals surface area contributed by atoms with E-state index >= 15 is 0 Å². The predicted octanol–water partition coefficient (Wildman–Crippen LogP) is 3.17. The Morgan fingerprint density at radius 2 is 1.81 bits per heavy atom. The molecule has 9 heteroatoms. The van der Waals surface area contributed by atoms with Gasteiger partial charge < -0.3 is 34.3 Å². The molecule has 3 heterocycles. The SMILES string of the molecule is CC1(C)O[C@H]2O[C@H]([C@H]3COC4(CCCCC4)O3)[C@H](NC(=S)Nc3ccc(C#N)cc3)[C@H]2O1. The maximum atomic E-state index is 8.98. The van der Waals surface area contributed by atoms with E-state index in [0.717, 1.165) is 31.4 Å². The Hall–Kier alpha value is -1.80. The number of nitrogens with one attached hydrogen (secondary N) is 2. The molecular weight excluding hydrogens is 430 g/mol. The van der Waals surface area contributed by atoms with Crippen molar-refractivity contribution in [2.75, 3.05) is 11.9 Å². The maximum Gasteiger partial charge on any atom is 0.189 e. The van der Waals surface area contributed by atoms with Crippen molar-refractivity contribution in [2.45, 2.75) is 88.2 Å². The molecule has 4 fully saturated rings. The Bertz CT molecular complexity index is 896. The maximum absolute atomic E-state index is 8.98. The van der Waals surface area contributed by atoms with Crippen LogP contribution in [0.15, 0.2) is 24.3 Å². The van der Waals surface area contributed by atoms with Crippen LogP contribution in [-0.2, 0) is 23.7 Å². The molecule has 3 saturated heterocycles. The fourth-order valence-electron chi connectivity index (χ4n) is 5.05.